The van der Waals surface area contributed by atoms with Crippen LogP contribution < -0.4 is 18.3 Å². The molecule has 0 aliphatic carbocycles. The lowest BCUT2D eigenvalue weighted by Crippen LogP contribution is -2.45. The molecule has 2 aromatic rings. The zero-order valence-electron chi connectivity index (χ0n) is 29.1. The molecule has 0 saturated carbocycles. The normalized spacial score (nSPS) is 13.6. The highest BCUT2D eigenvalue weighted by Crippen LogP contribution is 2.44. The van der Waals surface area contributed by atoms with Gasteiger partial charge in [-0.3, -0.25) is 0 Å². The maximum Gasteiger partial charge on any atom is 0.250 e. The molecule has 0 aliphatic heterocycles. The number of benzene rings is 2. The standard InChI is InChI=1S/C36H55BrO4Si2/c1-17-35(9,10)38-30-24-27(25-31(32(30)37)39-36(11,12)18-2)20-19-26-21-22-28(40-42(13,14)33(3,4)5)29(23-26)41-43(15,16)34(6,7)8/h17-25H,1-2H2,3-16H3/b20-19+. The summed E-state index contributed by atoms with van der Waals surface area (Å²) in [6.07, 6.45) is 7.72. The van der Waals surface area contributed by atoms with Gasteiger partial charge in [-0.1, -0.05) is 72.9 Å². The molecule has 0 spiro atoms. The van der Waals surface area contributed by atoms with Crippen molar-refractivity contribution in [3.05, 3.63) is 71.2 Å². The van der Waals surface area contributed by atoms with Gasteiger partial charge in [0.05, 0.1) is 0 Å². The smallest absolute Gasteiger partial charge is 0.250 e. The van der Waals surface area contributed by atoms with E-state index in [1.807, 2.05) is 39.8 Å². The van der Waals surface area contributed by atoms with E-state index in [1.165, 1.54) is 0 Å². The first kappa shape index (κ1) is 37.0. The van der Waals surface area contributed by atoms with Crippen LogP contribution in [0.15, 0.2) is 60.1 Å². The quantitative estimate of drug-likeness (QED) is 0.126. The van der Waals surface area contributed by atoms with Crippen molar-refractivity contribution in [1.29, 1.82) is 0 Å². The van der Waals surface area contributed by atoms with Gasteiger partial charge in [0.15, 0.2) is 0 Å². The fourth-order valence-corrected chi connectivity index (χ4v) is 5.76. The van der Waals surface area contributed by atoms with Gasteiger partial charge in [-0.05, 0) is 127 Å². The lowest BCUT2D eigenvalue weighted by atomic mass is 10.1. The Hall–Kier alpha value is -2.23. The van der Waals surface area contributed by atoms with E-state index < -0.39 is 27.8 Å². The van der Waals surface area contributed by atoms with Crippen molar-refractivity contribution in [2.45, 2.75) is 117 Å². The summed E-state index contributed by atoms with van der Waals surface area (Å²) in [6, 6.07) is 10.3. The van der Waals surface area contributed by atoms with Crippen LogP contribution in [0.3, 0.4) is 0 Å². The zero-order chi connectivity index (χ0) is 33.2. The largest absolute Gasteiger partial charge is 0.541 e. The van der Waals surface area contributed by atoms with Crippen molar-refractivity contribution in [1.82, 2.24) is 0 Å². The second-order valence-corrected chi connectivity index (χ2v) is 25.7. The Morgan fingerprint density at radius 1 is 0.581 bits per heavy atom. The highest BCUT2D eigenvalue weighted by Gasteiger charge is 2.42. The van der Waals surface area contributed by atoms with Crippen LogP contribution in [0.4, 0.5) is 0 Å². The predicted molar refractivity (Wildman–Crippen MR) is 195 cm³/mol. The average molecular weight is 688 g/mol. The first-order chi connectivity index (χ1) is 19.3. The molecule has 0 bridgehead atoms. The zero-order valence-corrected chi connectivity index (χ0v) is 32.7. The van der Waals surface area contributed by atoms with Gasteiger partial charge in [0.2, 0.25) is 0 Å². The second kappa shape index (κ2) is 13.0. The molecule has 0 unspecified atom stereocenters. The van der Waals surface area contributed by atoms with Gasteiger partial charge in [-0.2, -0.15) is 0 Å². The molecule has 0 amide bonds. The van der Waals surface area contributed by atoms with E-state index in [0.717, 1.165) is 27.1 Å². The molecule has 0 N–H and O–H groups in total. The van der Waals surface area contributed by atoms with Gasteiger partial charge in [0, 0.05) is 0 Å². The predicted octanol–water partition coefficient (Wildman–Crippen LogP) is 12.1. The van der Waals surface area contributed by atoms with E-state index in [2.05, 4.69) is 127 Å². The van der Waals surface area contributed by atoms with Crippen LogP contribution in [-0.2, 0) is 0 Å². The van der Waals surface area contributed by atoms with Crippen molar-refractivity contribution in [3.8, 4) is 23.0 Å². The Kier molecular flexibility index (Phi) is 11.2. The van der Waals surface area contributed by atoms with Gasteiger partial charge < -0.3 is 18.3 Å². The number of rotatable bonds is 12. The fourth-order valence-electron chi connectivity index (χ4n) is 3.33. The summed E-state index contributed by atoms with van der Waals surface area (Å²) in [6.45, 7) is 38.4. The fraction of sp³-hybridized carbons (Fsp3) is 0.500. The minimum absolute atomic E-state index is 0.0513. The molecule has 0 saturated heterocycles. The van der Waals surface area contributed by atoms with Gasteiger partial charge in [0.1, 0.15) is 38.7 Å². The van der Waals surface area contributed by atoms with Crippen molar-refractivity contribution in [2.24, 2.45) is 0 Å². The number of hydrogen-bond donors (Lipinski definition) is 0. The first-order valence-corrected chi connectivity index (χ1v) is 21.6. The van der Waals surface area contributed by atoms with Crippen molar-refractivity contribution in [2.75, 3.05) is 0 Å². The van der Waals surface area contributed by atoms with E-state index in [4.69, 9.17) is 18.3 Å². The van der Waals surface area contributed by atoms with Crippen LogP contribution in [0.1, 0.15) is 80.4 Å². The maximum absolute atomic E-state index is 6.87. The summed E-state index contributed by atoms with van der Waals surface area (Å²) in [7, 11) is -4.21. The number of ether oxygens (including phenoxy) is 2. The highest BCUT2D eigenvalue weighted by atomic mass is 79.9. The third-order valence-corrected chi connectivity index (χ3v) is 18.0. The molecule has 0 fully saturated rings. The molecule has 43 heavy (non-hydrogen) atoms. The minimum atomic E-state index is -2.13. The second-order valence-electron chi connectivity index (χ2n) is 15.4. The monoisotopic (exact) mass is 686 g/mol. The summed E-state index contributed by atoms with van der Waals surface area (Å²) in [5.74, 6) is 2.97. The molecule has 0 aliphatic rings. The summed E-state index contributed by atoms with van der Waals surface area (Å²) in [5, 5.41) is 0.122. The molecule has 2 rings (SSSR count). The lowest BCUT2D eigenvalue weighted by Gasteiger charge is -2.39. The Morgan fingerprint density at radius 3 is 1.35 bits per heavy atom. The topological polar surface area (TPSA) is 36.9 Å². The van der Waals surface area contributed by atoms with Crippen LogP contribution in [0.5, 0.6) is 23.0 Å². The summed E-state index contributed by atoms with van der Waals surface area (Å²) in [4.78, 5) is 0. The Balaban J connectivity index is 2.63. The van der Waals surface area contributed by atoms with E-state index in [1.54, 1.807) is 12.2 Å². The summed E-state index contributed by atoms with van der Waals surface area (Å²) in [5.41, 5.74) is 0.821. The summed E-state index contributed by atoms with van der Waals surface area (Å²) < 4.78 is 27.1. The Bertz CT molecular complexity index is 1300. The molecule has 0 aromatic heterocycles. The molecule has 4 nitrogen and oxygen atoms in total. The first-order valence-electron chi connectivity index (χ1n) is 15.0. The van der Waals surface area contributed by atoms with Crippen molar-refractivity contribution < 1.29 is 18.3 Å². The molecule has 0 atom stereocenters. The molecule has 238 valence electrons. The van der Waals surface area contributed by atoms with Crippen LogP contribution >= 0.6 is 15.9 Å². The van der Waals surface area contributed by atoms with Crippen LogP contribution in [0, 0.1) is 0 Å². The molecule has 2 aromatic carbocycles. The molecular formula is C36H55BrO4Si2. The van der Waals surface area contributed by atoms with Crippen molar-refractivity contribution in [3.63, 3.8) is 0 Å². The summed E-state index contributed by atoms with van der Waals surface area (Å²) >= 11 is 3.71. The number of hydrogen-bond acceptors (Lipinski definition) is 4. The average Bonchev–Trinajstić information content (AvgIpc) is 2.84. The third-order valence-electron chi connectivity index (χ3n) is 8.54. The van der Waals surface area contributed by atoms with E-state index in [9.17, 15) is 0 Å². The van der Waals surface area contributed by atoms with E-state index in [0.29, 0.717) is 11.5 Å². The van der Waals surface area contributed by atoms with Gasteiger partial charge in [0.25, 0.3) is 16.6 Å². The van der Waals surface area contributed by atoms with Gasteiger partial charge >= 0.3 is 0 Å². The number of halogens is 1. The highest BCUT2D eigenvalue weighted by molar-refractivity contribution is 9.10. The molecule has 0 heterocycles. The van der Waals surface area contributed by atoms with E-state index in [-0.39, 0.29) is 10.1 Å². The minimum Gasteiger partial charge on any atom is -0.541 e. The van der Waals surface area contributed by atoms with Crippen molar-refractivity contribution >= 4 is 44.7 Å². The molecule has 0 radical (unpaired) electrons. The molecular weight excluding hydrogens is 632 g/mol. The SMILES string of the molecule is C=CC(C)(C)Oc1cc(/C=C/c2ccc(O[Si](C)(C)C(C)(C)C)c(O[Si](C)(C)C(C)(C)C)c2)cc(OC(C)(C)C=C)c1Br. The molecule has 7 heteroatoms. The Morgan fingerprint density at radius 2 is 0.953 bits per heavy atom. The van der Waals surface area contributed by atoms with Gasteiger partial charge in [-0.15, -0.1) is 0 Å². The van der Waals surface area contributed by atoms with Crippen LogP contribution in [0.2, 0.25) is 36.3 Å². The third kappa shape index (κ3) is 9.88. The van der Waals surface area contributed by atoms with Crippen LogP contribution in [-0.4, -0.2) is 27.8 Å². The Labute approximate surface area is 273 Å². The maximum atomic E-state index is 6.87. The van der Waals surface area contributed by atoms with E-state index >= 15 is 0 Å². The van der Waals surface area contributed by atoms with Gasteiger partial charge in [-0.25, -0.2) is 0 Å². The lowest BCUT2D eigenvalue weighted by molar-refractivity contribution is 0.149. The van der Waals surface area contributed by atoms with Crippen LogP contribution in [0.25, 0.3) is 12.2 Å².